The summed E-state index contributed by atoms with van der Waals surface area (Å²) in [4.78, 5) is 22.5. The molecule has 1 amide bonds. The smallest absolute Gasteiger partial charge is 0.257 e. The van der Waals surface area contributed by atoms with Crippen molar-refractivity contribution in [3.05, 3.63) is 59.4 Å². The first-order chi connectivity index (χ1) is 13.9. The molecule has 4 rings (SSSR count). The van der Waals surface area contributed by atoms with E-state index in [1.807, 2.05) is 45.0 Å². The third kappa shape index (κ3) is 3.76. The zero-order valence-electron chi connectivity index (χ0n) is 16.4. The molecule has 0 bridgehead atoms. The van der Waals surface area contributed by atoms with Crippen LogP contribution in [0.3, 0.4) is 0 Å². The number of rotatable bonds is 5. The number of hydrogen-bond donors (Lipinski definition) is 3. The van der Waals surface area contributed by atoms with Gasteiger partial charge in [0, 0.05) is 22.2 Å². The summed E-state index contributed by atoms with van der Waals surface area (Å²) in [5.74, 6) is -0.233. The van der Waals surface area contributed by atoms with Gasteiger partial charge in [-0.05, 0) is 36.8 Å². The van der Waals surface area contributed by atoms with Crippen molar-refractivity contribution in [1.29, 1.82) is 0 Å². The van der Waals surface area contributed by atoms with Crippen LogP contribution in [-0.2, 0) is 5.41 Å². The fraction of sp³-hybridized carbons (Fsp3) is 0.238. The van der Waals surface area contributed by atoms with E-state index in [0.29, 0.717) is 10.7 Å². The standard InChI is InChI=1S/C21H21N5O2S/c1-12-15(10-22-26-12)16-8-9-17-19(23-16)29-20(24-17)25-18(28)13-4-6-14(7-5-13)21(2,3)11-27/h4-10,27H,11H2,1-3H3,(H,22,26)(H,24,25,28). The van der Waals surface area contributed by atoms with Gasteiger partial charge in [0.1, 0.15) is 10.3 Å². The molecule has 3 aromatic heterocycles. The van der Waals surface area contributed by atoms with Crippen molar-refractivity contribution < 1.29 is 9.90 Å². The SMILES string of the molecule is Cc1[nH]ncc1-c1ccc2nc(NC(=O)c3ccc(C(C)(C)CO)cc3)sc2n1. The highest BCUT2D eigenvalue weighted by molar-refractivity contribution is 7.22. The predicted molar refractivity (Wildman–Crippen MR) is 114 cm³/mol. The zero-order chi connectivity index (χ0) is 20.6. The number of carbonyl (C=O) groups is 1. The second-order valence-corrected chi connectivity index (χ2v) is 8.50. The van der Waals surface area contributed by atoms with Crippen LogP contribution in [0.4, 0.5) is 5.13 Å². The van der Waals surface area contributed by atoms with Gasteiger partial charge in [-0.2, -0.15) is 5.10 Å². The van der Waals surface area contributed by atoms with E-state index >= 15 is 0 Å². The molecule has 3 heterocycles. The quantitative estimate of drug-likeness (QED) is 0.465. The minimum absolute atomic E-state index is 0.0393. The van der Waals surface area contributed by atoms with Gasteiger partial charge in [-0.1, -0.05) is 37.3 Å². The highest BCUT2D eigenvalue weighted by Crippen LogP contribution is 2.29. The summed E-state index contributed by atoms with van der Waals surface area (Å²) >= 11 is 1.33. The van der Waals surface area contributed by atoms with Crippen LogP contribution >= 0.6 is 11.3 Å². The van der Waals surface area contributed by atoms with E-state index in [4.69, 9.17) is 0 Å². The third-order valence-corrected chi connectivity index (χ3v) is 5.79. The molecule has 0 unspecified atom stereocenters. The maximum atomic E-state index is 12.6. The van der Waals surface area contributed by atoms with Gasteiger partial charge < -0.3 is 5.11 Å². The van der Waals surface area contributed by atoms with E-state index in [9.17, 15) is 9.90 Å². The first-order valence-corrected chi connectivity index (χ1v) is 10.00. The summed E-state index contributed by atoms with van der Waals surface area (Å²) in [5, 5.41) is 19.8. The summed E-state index contributed by atoms with van der Waals surface area (Å²) in [5.41, 5.74) is 4.59. The number of nitrogens with one attached hydrogen (secondary N) is 2. The van der Waals surface area contributed by atoms with Gasteiger partial charge in [-0.15, -0.1) is 0 Å². The molecule has 0 saturated carbocycles. The fourth-order valence-electron chi connectivity index (χ4n) is 2.96. The number of benzene rings is 1. The summed E-state index contributed by atoms with van der Waals surface area (Å²) in [6, 6.07) is 11.0. The van der Waals surface area contributed by atoms with E-state index in [-0.39, 0.29) is 17.9 Å². The number of aliphatic hydroxyl groups excluding tert-OH is 1. The lowest BCUT2D eigenvalue weighted by molar-refractivity contribution is 0.102. The Kier molecular flexibility index (Phi) is 4.89. The Labute approximate surface area is 171 Å². The number of aryl methyl sites for hydroxylation is 1. The molecular formula is C21H21N5O2S. The molecule has 148 valence electrons. The van der Waals surface area contributed by atoms with Crippen molar-refractivity contribution >= 4 is 32.7 Å². The molecule has 7 nitrogen and oxygen atoms in total. The number of pyridine rings is 1. The number of aliphatic hydroxyl groups is 1. The molecule has 0 aliphatic heterocycles. The molecule has 8 heteroatoms. The summed E-state index contributed by atoms with van der Waals surface area (Å²) < 4.78 is 0. The molecule has 0 radical (unpaired) electrons. The van der Waals surface area contributed by atoms with Crippen molar-refractivity contribution in [3.63, 3.8) is 0 Å². The minimum atomic E-state index is -0.348. The van der Waals surface area contributed by atoms with Crippen LogP contribution in [0.25, 0.3) is 21.6 Å². The van der Waals surface area contributed by atoms with Gasteiger partial charge in [0.15, 0.2) is 5.13 Å². The highest BCUT2D eigenvalue weighted by atomic mass is 32.1. The molecule has 0 atom stereocenters. The van der Waals surface area contributed by atoms with Gasteiger partial charge in [0.25, 0.3) is 5.91 Å². The average Bonchev–Trinajstić information content (AvgIpc) is 3.32. The largest absolute Gasteiger partial charge is 0.395 e. The van der Waals surface area contributed by atoms with Crippen LogP contribution in [0.1, 0.15) is 35.5 Å². The zero-order valence-corrected chi connectivity index (χ0v) is 17.2. The van der Waals surface area contributed by atoms with Gasteiger partial charge in [0.05, 0.1) is 18.5 Å². The van der Waals surface area contributed by atoms with E-state index in [1.54, 1.807) is 18.3 Å². The molecule has 0 aliphatic rings. The summed E-state index contributed by atoms with van der Waals surface area (Å²) in [7, 11) is 0. The van der Waals surface area contributed by atoms with Gasteiger partial charge in [-0.3, -0.25) is 15.2 Å². The van der Waals surface area contributed by atoms with Crippen LogP contribution in [0.2, 0.25) is 0 Å². The van der Waals surface area contributed by atoms with Crippen LogP contribution in [-0.4, -0.2) is 37.8 Å². The molecule has 4 aromatic rings. The second kappa shape index (κ2) is 7.38. The molecular weight excluding hydrogens is 386 g/mol. The Morgan fingerprint density at radius 1 is 1.17 bits per heavy atom. The lowest BCUT2D eigenvalue weighted by Gasteiger charge is -2.22. The van der Waals surface area contributed by atoms with Gasteiger partial charge >= 0.3 is 0 Å². The minimum Gasteiger partial charge on any atom is -0.395 e. The van der Waals surface area contributed by atoms with Crippen LogP contribution in [0.5, 0.6) is 0 Å². The Morgan fingerprint density at radius 3 is 2.59 bits per heavy atom. The Morgan fingerprint density at radius 2 is 1.93 bits per heavy atom. The number of aromatic nitrogens is 4. The molecule has 0 spiro atoms. The number of H-pyrrole nitrogens is 1. The highest BCUT2D eigenvalue weighted by Gasteiger charge is 2.20. The maximum absolute atomic E-state index is 12.6. The van der Waals surface area contributed by atoms with Gasteiger partial charge in [-0.25, -0.2) is 9.97 Å². The molecule has 1 aromatic carbocycles. The van der Waals surface area contributed by atoms with Gasteiger partial charge in [0.2, 0.25) is 0 Å². The van der Waals surface area contributed by atoms with Crippen molar-refractivity contribution in [2.45, 2.75) is 26.2 Å². The molecule has 0 aliphatic carbocycles. The number of thiazole rings is 1. The van der Waals surface area contributed by atoms with Crippen LogP contribution < -0.4 is 5.32 Å². The van der Waals surface area contributed by atoms with Crippen molar-refractivity contribution in [2.24, 2.45) is 0 Å². The maximum Gasteiger partial charge on any atom is 0.257 e. The lowest BCUT2D eigenvalue weighted by atomic mass is 9.85. The number of carbonyl (C=O) groups excluding carboxylic acids is 1. The number of anilines is 1. The van der Waals surface area contributed by atoms with Crippen molar-refractivity contribution in [3.8, 4) is 11.3 Å². The summed E-state index contributed by atoms with van der Waals surface area (Å²) in [6.45, 7) is 5.89. The number of amides is 1. The molecule has 3 N–H and O–H groups in total. The number of fused-ring (bicyclic) bond motifs is 1. The Bertz CT molecular complexity index is 1180. The molecule has 29 heavy (non-hydrogen) atoms. The summed E-state index contributed by atoms with van der Waals surface area (Å²) in [6.07, 6.45) is 1.75. The fourth-order valence-corrected chi connectivity index (χ4v) is 3.80. The average molecular weight is 407 g/mol. The first kappa shape index (κ1) is 19.2. The Hall–Kier alpha value is -3.10. The van der Waals surface area contributed by atoms with Crippen LogP contribution in [0.15, 0.2) is 42.6 Å². The molecule has 0 fully saturated rings. The third-order valence-electron chi connectivity index (χ3n) is 4.91. The van der Waals surface area contributed by atoms with E-state index in [2.05, 4.69) is 25.5 Å². The Balaban J connectivity index is 1.54. The van der Waals surface area contributed by atoms with E-state index < -0.39 is 0 Å². The van der Waals surface area contributed by atoms with Crippen LogP contribution in [0, 0.1) is 6.92 Å². The van der Waals surface area contributed by atoms with E-state index in [1.165, 1.54) is 11.3 Å². The second-order valence-electron chi connectivity index (χ2n) is 7.52. The number of nitrogens with zero attached hydrogens (tertiary/aromatic N) is 3. The van der Waals surface area contributed by atoms with E-state index in [0.717, 1.165) is 32.9 Å². The topological polar surface area (TPSA) is 104 Å². The predicted octanol–water partition coefficient (Wildman–Crippen LogP) is 3.91. The van der Waals surface area contributed by atoms with Crippen molar-refractivity contribution in [1.82, 2.24) is 20.2 Å². The molecule has 0 saturated heterocycles. The number of aromatic amines is 1. The first-order valence-electron chi connectivity index (χ1n) is 9.18. The lowest BCUT2D eigenvalue weighted by Crippen LogP contribution is -2.22. The normalized spacial score (nSPS) is 11.7. The number of hydrogen-bond acceptors (Lipinski definition) is 6. The monoisotopic (exact) mass is 407 g/mol. The van der Waals surface area contributed by atoms with Crippen molar-refractivity contribution in [2.75, 3.05) is 11.9 Å².